The van der Waals surface area contributed by atoms with Crippen molar-refractivity contribution in [2.45, 2.75) is 13.5 Å². The molecule has 0 atom stereocenters. The van der Waals surface area contributed by atoms with Gasteiger partial charge < -0.3 is 5.32 Å². The lowest BCUT2D eigenvalue weighted by atomic mass is 10.1. The molecular weight excluding hydrogens is 409 g/mol. The first-order valence-corrected chi connectivity index (χ1v) is 9.65. The van der Waals surface area contributed by atoms with Crippen LogP contribution >= 0.6 is 23.2 Å². The van der Waals surface area contributed by atoms with Crippen molar-refractivity contribution in [2.24, 2.45) is 0 Å². The van der Waals surface area contributed by atoms with Gasteiger partial charge >= 0.3 is 0 Å². The molecule has 6 nitrogen and oxygen atoms in total. The summed E-state index contributed by atoms with van der Waals surface area (Å²) in [5.74, 6) is 0.137. The highest BCUT2D eigenvalue weighted by molar-refractivity contribution is 6.42. The van der Waals surface area contributed by atoms with E-state index in [0.29, 0.717) is 33.8 Å². The van der Waals surface area contributed by atoms with Crippen molar-refractivity contribution in [3.63, 3.8) is 0 Å². The molecule has 2 aromatic carbocycles. The van der Waals surface area contributed by atoms with Crippen LogP contribution in [-0.2, 0) is 6.54 Å². The average molecular weight is 426 g/mol. The minimum absolute atomic E-state index is 0.319. The monoisotopic (exact) mass is 425 g/mol. The Balaban J connectivity index is 1.44. The van der Waals surface area contributed by atoms with Crippen molar-refractivity contribution in [3.05, 3.63) is 87.7 Å². The van der Waals surface area contributed by atoms with Gasteiger partial charge in [0.15, 0.2) is 5.82 Å². The standard InChI is InChI=1S/C21H17Cl2N5O/c1-13-3-2-4-14(9-13)12-28-8-7-20(27-28)24-21(29)19-11-18(25-26-19)15-5-6-16(22)17(23)10-15/h2-11H,12H2,1H3,(H,25,26)(H,24,27,29). The van der Waals surface area contributed by atoms with E-state index in [9.17, 15) is 4.79 Å². The fraction of sp³-hybridized carbons (Fsp3) is 0.0952. The molecule has 0 radical (unpaired) electrons. The average Bonchev–Trinajstić information content (AvgIpc) is 3.34. The van der Waals surface area contributed by atoms with Crippen molar-refractivity contribution in [2.75, 3.05) is 5.32 Å². The van der Waals surface area contributed by atoms with Crippen LogP contribution in [0.25, 0.3) is 11.3 Å². The van der Waals surface area contributed by atoms with E-state index in [1.807, 2.05) is 18.3 Å². The van der Waals surface area contributed by atoms with Crippen LogP contribution in [0.2, 0.25) is 10.0 Å². The highest BCUT2D eigenvalue weighted by atomic mass is 35.5. The Bertz CT molecular complexity index is 1180. The number of hydrogen-bond acceptors (Lipinski definition) is 3. The van der Waals surface area contributed by atoms with Crippen LogP contribution in [0.5, 0.6) is 0 Å². The zero-order valence-electron chi connectivity index (χ0n) is 15.5. The summed E-state index contributed by atoms with van der Waals surface area (Å²) in [7, 11) is 0. The number of carbonyl (C=O) groups excluding carboxylic acids is 1. The molecule has 8 heteroatoms. The van der Waals surface area contributed by atoms with E-state index in [0.717, 1.165) is 11.1 Å². The molecule has 0 saturated carbocycles. The second-order valence-corrected chi connectivity index (χ2v) is 7.45. The first kappa shape index (κ1) is 19.2. The van der Waals surface area contributed by atoms with Gasteiger partial charge in [-0.05, 0) is 30.7 Å². The van der Waals surface area contributed by atoms with Gasteiger partial charge in [0, 0.05) is 17.8 Å². The molecular formula is C21H17Cl2N5O. The Labute approximate surface area is 177 Å². The summed E-state index contributed by atoms with van der Waals surface area (Å²) in [5.41, 5.74) is 4.01. The van der Waals surface area contributed by atoms with Crippen LogP contribution in [-0.4, -0.2) is 25.9 Å². The summed E-state index contributed by atoms with van der Waals surface area (Å²) in [4.78, 5) is 12.5. The quantitative estimate of drug-likeness (QED) is 0.461. The number of amides is 1. The predicted molar refractivity (Wildman–Crippen MR) is 115 cm³/mol. The van der Waals surface area contributed by atoms with Gasteiger partial charge in [-0.15, -0.1) is 0 Å². The summed E-state index contributed by atoms with van der Waals surface area (Å²) in [6.07, 6.45) is 1.83. The van der Waals surface area contributed by atoms with Gasteiger partial charge in [-0.1, -0.05) is 59.1 Å². The fourth-order valence-corrected chi connectivity index (χ4v) is 3.24. The van der Waals surface area contributed by atoms with Crippen LogP contribution < -0.4 is 5.32 Å². The molecule has 2 heterocycles. The van der Waals surface area contributed by atoms with Crippen LogP contribution in [0.3, 0.4) is 0 Å². The maximum absolute atomic E-state index is 12.5. The number of halogens is 2. The molecule has 1 amide bonds. The lowest BCUT2D eigenvalue weighted by Gasteiger charge is -2.03. The van der Waals surface area contributed by atoms with E-state index < -0.39 is 0 Å². The topological polar surface area (TPSA) is 75.6 Å². The molecule has 0 saturated heterocycles. The summed E-state index contributed by atoms with van der Waals surface area (Å²) < 4.78 is 1.78. The Hall–Kier alpha value is -3.09. The number of aromatic nitrogens is 4. The SMILES string of the molecule is Cc1cccc(Cn2ccc(NC(=O)c3cc(-c4ccc(Cl)c(Cl)c4)n[nH]3)n2)c1. The van der Waals surface area contributed by atoms with E-state index in [4.69, 9.17) is 23.2 Å². The van der Waals surface area contributed by atoms with E-state index in [1.165, 1.54) is 5.56 Å². The van der Waals surface area contributed by atoms with Crippen molar-refractivity contribution < 1.29 is 4.79 Å². The Kier molecular flexibility index (Phi) is 5.38. The van der Waals surface area contributed by atoms with Crippen LogP contribution in [0.4, 0.5) is 5.82 Å². The molecule has 0 spiro atoms. The van der Waals surface area contributed by atoms with Crippen molar-refractivity contribution >= 4 is 34.9 Å². The van der Waals surface area contributed by atoms with Gasteiger partial charge in [-0.25, -0.2) is 0 Å². The number of carbonyl (C=O) groups is 1. The molecule has 0 unspecified atom stereocenters. The molecule has 146 valence electrons. The predicted octanol–water partition coefficient (Wildman–Crippen LogP) is 5.19. The zero-order valence-corrected chi connectivity index (χ0v) is 17.0. The maximum atomic E-state index is 12.5. The molecule has 0 fully saturated rings. The molecule has 4 aromatic rings. The molecule has 2 aromatic heterocycles. The van der Waals surface area contributed by atoms with Gasteiger partial charge in [0.05, 0.1) is 22.3 Å². The highest BCUT2D eigenvalue weighted by Crippen LogP contribution is 2.27. The number of benzene rings is 2. The number of aromatic amines is 1. The lowest BCUT2D eigenvalue weighted by molar-refractivity contribution is 0.102. The van der Waals surface area contributed by atoms with E-state index in [1.54, 1.807) is 35.0 Å². The number of hydrogen-bond donors (Lipinski definition) is 2. The fourth-order valence-electron chi connectivity index (χ4n) is 2.94. The van der Waals surface area contributed by atoms with E-state index in [-0.39, 0.29) is 5.91 Å². The molecule has 4 rings (SSSR count). The highest BCUT2D eigenvalue weighted by Gasteiger charge is 2.13. The molecule has 2 N–H and O–H groups in total. The Morgan fingerprint density at radius 3 is 2.76 bits per heavy atom. The second kappa shape index (κ2) is 8.11. The normalized spacial score (nSPS) is 10.9. The Morgan fingerprint density at radius 1 is 1.10 bits per heavy atom. The first-order valence-electron chi connectivity index (χ1n) is 8.89. The number of nitrogens with one attached hydrogen (secondary N) is 2. The maximum Gasteiger partial charge on any atom is 0.274 e. The Morgan fingerprint density at radius 2 is 1.97 bits per heavy atom. The smallest absolute Gasteiger partial charge is 0.274 e. The zero-order chi connectivity index (χ0) is 20.4. The van der Waals surface area contributed by atoms with Crippen LogP contribution in [0, 0.1) is 6.92 Å². The van der Waals surface area contributed by atoms with Gasteiger partial charge in [0.2, 0.25) is 0 Å². The minimum Gasteiger partial charge on any atom is -0.304 e. The third-order valence-electron chi connectivity index (χ3n) is 4.35. The van der Waals surface area contributed by atoms with E-state index in [2.05, 4.69) is 39.7 Å². The summed E-state index contributed by atoms with van der Waals surface area (Å²) in [5, 5.41) is 15.0. The number of rotatable bonds is 5. The molecule has 0 aliphatic heterocycles. The largest absolute Gasteiger partial charge is 0.304 e. The van der Waals surface area contributed by atoms with E-state index >= 15 is 0 Å². The number of nitrogens with zero attached hydrogens (tertiary/aromatic N) is 3. The second-order valence-electron chi connectivity index (χ2n) is 6.64. The first-order chi connectivity index (χ1) is 14.0. The number of anilines is 1. The van der Waals surface area contributed by atoms with Crippen molar-refractivity contribution in [1.82, 2.24) is 20.0 Å². The minimum atomic E-state index is -0.329. The third-order valence-corrected chi connectivity index (χ3v) is 5.09. The molecule has 0 aliphatic rings. The number of H-pyrrole nitrogens is 1. The lowest BCUT2D eigenvalue weighted by Crippen LogP contribution is -2.13. The van der Waals surface area contributed by atoms with Gasteiger partial charge in [0.1, 0.15) is 5.69 Å². The van der Waals surface area contributed by atoms with Gasteiger partial charge in [-0.3, -0.25) is 14.6 Å². The van der Waals surface area contributed by atoms with Crippen molar-refractivity contribution in [3.8, 4) is 11.3 Å². The van der Waals surface area contributed by atoms with Crippen molar-refractivity contribution in [1.29, 1.82) is 0 Å². The summed E-state index contributed by atoms with van der Waals surface area (Å²) in [6, 6.07) is 16.8. The van der Waals surface area contributed by atoms with Gasteiger partial charge in [0.25, 0.3) is 5.91 Å². The number of aryl methyl sites for hydroxylation is 1. The van der Waals surface area contributed by atoms with Crippen LogP contribution in [0.15, 0.2) is 60.8 Å². The molecule has 0 bridgehead atoms. The molecule has 0 aliphatic carbocycles. The third kappa shape index (κ3) is 4.50. The van der Waals surface area contributed by atoms with Gasteiger partial charge in [-0.2, -0.15) is 10.2 Å². The summed E-state index contributed by atoms with van der Waals surface area (Å²) in [6.45, 7) is 2.68. The summed E-state index contributed by atoms with van der Waals surface area (Å²) >= 11 is 12.0. The van der Waals surface area contributed by atoms with Crippen LogP contribution in [0.1, 0.15) is 21.6 Å². The molecule has 29 heavy (non-hydrogen) atoms.